The van der Waals surface area contributed by atoms with Gasteiger partial charge in [0.15, 0.2) is 17.6 Å². The molecular weight excluding hydrogens is 296 g/mol. The van der Waals surface area contributed by atoms with Crippen molar-refractivity contribution in [3.05, 3.63) is 64.2 Å². The van der Waals surface area contributed by atoms with Crippen LogP contribution in [0.25, 0.3) is 0 Å². The number of quaternary nitrogens is 1. The summed E-state index contributed by atoms with van der Waals surface area (Å²) in [6, 6.07) is 14.5. The Morgan fingerprint density at radius 3 is 2.61 bits per heavy atom. The first-order valence-corrected chi connectivity index (χ1v) is 7.58. The van der Waals surface area contributed by atoms with Crippen molar-refractivity contribution in [2.45, 2.75) is 25.6 Å². The second kappa shape index (κ2) is 6.66. The standard InChI is InChI=1S/C17H18N2O4/c1-12(17-11-22-15-4-2-3-5-16(15)23-17)18-10-13-6-8-14(9-7-13)19(20)21/h2-9,12,17-18H,10-11H2,1H3/p+1/t12-,17-/m0/s1. The first-order chi connectivity index (χ1) is 11.1. The lowest BCUT2D eigenvalue weighted by molar-refractivity contribution is -0.707. The molecule has 1 aliphatic rings. The van der Waals surface area contributed by atoms with E-state index in [0.717, 1.165) is 23.6 Å². The smallest absolute Gasteiger partial charge is 0.269 e. The number of fused-ring (bicyclic) bond motifs is 1. The van der Waals surface area contributed by atoms with Crippen LogP contribution >= 0.6 is 0 Å². The van der Waals surface area contributed by atoms with Crippen molar-refractivity contribution >= 4 is 5.69 Å². The molecule has 1 aliphatic heterocycles. The molecule has 0 amide bonds. The summed E-state index contributed by atoms with van der Waals surface area (Å²) in [5.41, 5.74) is 1.15. The minimum Gasteiger partial charge on any atom is -0.486 e. The second-order valence-corrected chi connectivity index (χ2v) is 5.64. The van der Waals surface area contributed by atoms with Gasteiger partial charge in [-0.1, -0.05) is 12.1 Å². The van der Waals surface area contributed by atoms with Gasteiger partial charge >= 0.3 is 0 Å². The molecule has 0 aromatic heterocycles. The van der Waals surface area contributed by atoms with Crippen molar-refractivity contribution in [1.29, 1.82) is 0 Å². The van der Waals surface area contributed by atoms with Gasteiger partial charge in [-0.25, -0.2) is 0 Å². The molecule has 0 saturated carbocycles. The van der Waals surface area contributed by atoms with Gasteiger partial charge in [-0.2, -0.15) is 0 Å². The zero-order valence-electron chi connectivity index (χ0n) is 12.8. The monoisotopic (exact) mass is 315 g/mol. The molecule has 0 aliphatic carbocycles. The molecule has 0 fully saturated rings. The van der Waals surface area contributed by atoms with E-state index in [1.165, 1.54) is 12.1 Å². The topological polar surface area (TPSA) is 78.2 Å². The Kier molecular flexibility index (Phi) is 4.43. The van der Waals surface area contributed by atoms with E-state index in [1.807, 2.05) is 24.3 Å². The Labute approximate surface area is 134 Å². The minimum atomic E-state index is -0.388. The van der Waals surface area contributed by atoms with Gasteiger partial charge in [-0.05, 0) is 31.2 Å². The quantitative estimate of drug-likeness (QED) is 0.675. The van der Waals surface area contributed by atoms with Gasteiger partial charge < -0.3 is 14.8 Å². The normalized spacial score (nSPS) is 17.5. The third kappa shape index (κ3) is 3.60. The maximum absolute atomic E-state index is 10.7. The molecule has 2 aromatic rings. The molecule has 1 heterocycles. The third-order valence-corrected chi connectivity index (χ3v) is 3.99. The van der Waals surface area contributed by atoms with Crippen molar-refractivity contribution in [1.82, 2.24) is 0 Å². The van der Waals surface area contributed by atoms with Crippen molar-refractivity contribution in [3.63, 3.8) is 0 Å². The largest absolute Gasteiger partial charge is 0.486 e. The highest BCUT2D eigenvalue weighted by Gasteiger charge is 2.28. The Balaban J connectivity index is 1.55. The number of nitro groups is 1. The molecule has 0 unspecified atom stereocenters. The Morgan fingerprint density at radius 2 is 1.91 bits per heavy atom. The summed E-state index contributed by atoms with van der Waals surface area (Å²) in [6.45, 7) is 3.35. The van der Waals surface area contributed by atoms with Crippen LogP contribution < -0.4 is 14.8 Å². The van der Waals surface area contributed by atoms with Gasteiger partial charge in [-0.3, -0.25) is 10.1 Å². The highest BCUT2D eigenvalue weighted by Crippen LogP contribution is 2.31. The van der Waals surface area contributed by atoms with Crippen LogP contribution in [-0.2, 0) is 6.54 Å². The number of nitrogens with two attached hydrogens (primary N) is 1. The van der Waals surface area contributed by atoms with Crippen LogP contribution in [0.5, 0.6) is 11.5 Å². The van der Waals surface area contributed by atoms with Crippen molar-refractivity contribution in [2.75, 3.05) is 6.61 Å². The number of non-ortho nitro benzene ring substituents is 1. The van der Waals surface area contributed by atoms with Crippen LogP contribution in [0.3, 0.4) is 0 Å². The van der Waals surface area contributed by atoms with Crippen molar-refractivity contribution < 1.29 is 19.7 Å². The predicted octanol–water partition coefficient (Wildman–Crippen LogP) is 1.89. The van der Waals surface area contributed by atoms with Gasteiger partial charge in [0.25, 0.3) is 5.69 Å². The number of nitrogens with zero attached hydrogens (tertiary/aromatic N) is 1. The van der Waals surface area contributed by atoms with E-state index in [0.29, 0.717) is 6.61 Å². The molecule has 6 heteroatoms. The fourth-order valence-electron chi connectivity index (χ4n) is 2.52. The van der Waals surface area contributed by atoms with E-state index in [2.05, 4.69) is 12.2 Å². The van der Waals surface area contributed by atoms with Crippen LogP contribution in [0.2, 0.25) is 0 Å². The number of benzene rings is 2. The van der Waals surface area contributed by atoms with E-state index in [-0.39, 0.29) is 22.8 Å². The summed E-state index contributed by atoms with van der Waals surface area (Å²) in [6.07, 6.45) is -0.0250. The van der Waals surface area contributed by atoms with Crippen LogP contribution in [0, 0.1) is 10.1 Å². The Hall–Kier alpha value is -2.60. The summed E-state index contributed by atoms with van der Waals surface area (Å²) in [7, 11) is 0. The van der Waals surface area contributed by atoms with Gasteiger partial charge in [0.1, 0.15) is 19.2 Å². The Morgan fingerprint density at radius 1 is 1.22 bits per heavy atom. The molecule has 0 bridgehead atoms. The number of hydrogen-bond donors (Lipinski definition) is 1. The van der Waals surface area contributed by atoms with Crippen molar-refractivity contribution in [2.24, 2.45) is 0 Å². The summed E-state index contributed by atoms with van der Waals surface area (Å²) < 4.78 is 11.7. The van der Waals surface area contributed by atoms with Crippen LogP contribution in [0.4, 0.5) is 5.69 Å². The zero-order valence-corrected chi connectivity index (χ0v) is 12.8. The molecule has 3 rings (SSSR count). The zero-order chi connectivity index (χ0) is 16.2. The van der Waals surface area contributed by atoms with E-state index in [4.69, 9.17) is 9.47 Å². The molecule has 0 saturated heterocycles. The molecule has 23 heavy (non-hydrogen) atoms. The molecular formula is C17H19N2O4+. The molecule has 6 nitrogen and oxygen atoms in total. The average Bonchev–Trinajstić information content (AvgIpc) is 2.59. The fourth-order valence-corrected chi connectivity index (χ4v) is 2.52. The summed E-state index contributed by atoms with van der Waals surface area (Å²) in [5, 5.41) is 12.8. The van der Waals surface area contributed by atoms with Gasteiger partial charge in [0.2, 0.25) is 0 Å². The summed E-state index contributed by atoms with van der Waals surface area (Å²) in [4.78, 5) is 10.3. The highest BCUT2D eigenvalue weighted by molar-refractivity contribution is 5.40. The third-order valence-electron chi connectivity index (χ3n) is 3.99. The van der Waals surface area contributed by atoms with Crippen LogP contribution in [-0.4, -0.2) is 23.7 Å². The van der Waals surface area contributed by atoms with Gasteiger partial charge in [0, 0.05) is 17.7 Å². The maximum atomic E-state index is 10.7. The maximum Gasteiger partial charge on any atom is 0.269 e. The molecule has 120 valence electrons. The minimum absolute atomic E-state index is 0.0250. The highest BCUT2D eigenvalue weighted by atomic mass is 16.6. The first-order valence-electron chi connectivity index (χ1n) is 7.58. The van der Waals surface area contributed by atoms with Crippen LogP contribution in [0.1, 0.15) is 12.5 Å². The van der Waals surface area contributed by atoms with Gasteiger partial charge in [-0.15, -0.1) is 0 Å². The lowest BCUT2D eigenvalue weighted by Gasteiger charge is -2.29. The SMILES string of the molecule is C[C@H]([NH2+]Cc1ccc([N+](=O)[O-])cc1)[C@@H]1COc2ccccc2O1. The lowest BCUT2D eigenvalue weighted by Crippen LogP contribution is -2.91. The summed E-state index contributed by atoms with van der Waals surface area (Å²) >= 11 is 0. The molecule has 2 atom stereocenters. The van der Waals surface area contributed by atoms with E-state index in [9.17, 15) is 10.1 Å². The van der Waals surface area contributed by atoms with E-state index >= 15 is 0 Å². The molecule has 2 N–H and O–H groups in total. The molecule has 0 radical (unpaired) electrons. The number of hydrogen-bond acceptors (Lipinski definition) is 4. The Bertz CT molecular complexity index is 687. The van der Waals surface area contributed by atoms with Crippen molar-refractivity contribution in [3.8, 4) is 11.5 Å². The average molecular weight is 315 g/mol. The second-order valence-electron chi connectivity index (χ2n) is 5.64. The van der Waals surface area contributed by atoms with Gasteiger partial charge in [0.05, 0.1) is 4.92 Å². The molecule has 0 spiro atoms. The number of nitro benzene ring substituents is 1. The number of ether oxygens (including phenoxy) is 2. The number of rotatable bonds is 5. The number of para-hydroxylation sites is 2. The lowest BCUT2D eigenvalue weighted by atomic mass is 10.1. The fraction of sp³-hybridized carbons (Fsp3) is 0.294. The first kappa shape index (κ1) is 15.3. The summed E-state index contributed by atoms with van der Waals surface area (Å²) in [5.74, 6) is 1.56. The van der Waals surface area contributed by atoms with E-state index in [1.54, 1.807) is 12.1 Å². The predicted molar refractivity (Wildman–Crippen MR) is 84.5 cm³/mol. The molecule has 2 aromatic carbocycles. The van der Waals surface area contributed by atoms with E-state index < -0.39 is 0 Å². The van der Waals surface area contributed by atoms with Crippen LogP contribution in [0.15, 0.2) is 48.5 Å².